The van der Waals surface area contributed by atoms with E-state index in [0.29, 0.717) is 24.4 Å². The van der Waals surface area contributed by atoms with Gasteiger partial charge in [0, 0.05) is 6.42 Å². The summed E-state index contributed by atoms with van der Waals surface area (Å²) in [6, 6.07) is 0. The minimum atomic E-state index is -0.318. The highest BCUT2D eigenvalue weighted by molar-refractivity contribution is 5.94. The second kappa shape index (κ2) is 4.17. The van der Waals surface area contributed by atoms with Crippen LogP contribution in [0.4, 0.5) is 0 Å². The van der Waals surface area contributed by atoms with Gasteiger partial charge < -0.3 is 4.98 Å². The van der Waals surface area contributed by atoms with Crippen molar-refractivity contribution in [2.45, 2.75) is 33.6 Å². The van der Waals surface area contributed by atoms with Gasteiger partial charge in [-0.15, -0.1) is 0 Å². The molecule has 0 aliphatic rings. The van der Waals surface area contributed by atoms with Crippen molar-refractivity contribution in [3.63, 3.8) is 0 Å². The van der Waals surface area contributed by atoms with Crippen molar-refractivity contribution in [3.8, 4) is 0 Å². The standard InChI is InChI=1S/C10H14N2O2/c1-4-7-9(6(3)13)10(14)12-8(5-2)11-7/h4-5H2,1-3H3,(H,11,12,14). The van der Waals surface area contributed by atoms with E-state index in [1.165, 1.54) is 6.92 Å². The highest BCUT2D eigenvalue weighted by atomic mass is 16.1. The molecule has 0 unspecified atom stereocenters. The number of aromatic amines is 1. The molecule has 0 saturated carbocycles. The molecule has 0 spiro atoms. The van der Waals surface area contributed by atoms with Crippen LogP contribution in [-0.4, -0.2) is 15.8 Å². The molecule has 1 aromatic rings. The second-order valence-corrected chi connectivity index (χ2v) is 3.10. The molecular formula is C10H14N2O2. The van der Waals surface area contributed by atoms with Crippen molar-refractivity contribution < 1.29 is 4.79 Å². The van der Waals surface area contributed by atoms with Crippen LogP contribution in [0.2, 0.25) is 0 Å². The number of Topliss-reactive ketones (excluding diaryl/α,β-unsaturated/α-hetero) is 1. The van der Waals surface area contributed by atoms with Crippen LogP contribution in [0.1, 0.15) is 42.6 Å². The Kier molecular flexibility index (Phi) is 3.17. The first kappa shape index (κ1) is 10.6. The highest BCUT2D eigenvalue weighted by Gasteiger charge is 2.13. The van der Waals surface area contributed by atoms with Crippen molar-refractivity contribution >= 4 is 5.78 Å². The second-order valence-electron chi connectivity index (χ2n) is 3.10. The lowest BCUT2D eigenvalue weighted by Gasteiger charge is -2.04. The molecule has 0 atom stereocenters. The third kappa shape index (κ3) is 1.89. The summed E-state index contributed by atoms with van der Waals surface area (Å²) in [6.07, 6.45) is 1.27. The summed E-state index contributed by atoms with van der Waals surface area (Å²) in [6.45, 7) is 5.18. The van der Waals surface area contributed by atoms with Crippen LogP contribution in [0.15, 0.2) is 4.79 Å². The Morgan fingerprint density at radius 2 is 2.00 bits per heavy atom. The van der Waals surface area contributed by atoms with Gasteiger partial charge in [-0.1, -0.05) is 13.8 Å². The van der Waals surface area contributed by atoms with E-state index in [9.17, 15) is 9.59 Å². The number of nitrogens with zero attached hydrogens (tertiary/aromatic N) is 1. The summed E-state index contributed by atoms with van der Waals surface area (Å²) in [7, 11) is 0. The number of carbonyl (C=O) groups is 1. The maximum atomic E-state index is 11.5. The van der Waals surface area contributed by atoms with Crippen LogP contribution in [0.25, 0.3) is 0 Å². The SMILES string of the molecule is CCc1nc(CC)c(C(C)=O)c(=O)[nH]1. The van der Waals surface area contributed by atoms with Crippen LogP contribution < -0.4 is 5.56 Å². The molecule has 0 aliphatic heterocycles. The Balaban J connectivity index is 3.43. The van der Waals surface area contributed by atoms with Crippen molar-refractivity contribution in [2.75, 3.05) is 0 Å². The van der Waals surface area contributed by atoms with Crippen LogP contribution in [0.3, 0.4) is 0 Å². The maximum absolute atomic E-state index is 11.5. The zero-order valence-electron chi connectivity index (χ0n) is 8.68. The Hall–Kier alpha value is -1.45. The molecule has 0 amide bonds. The van der Waals surface area contributed by atoms with E-state index >= 15 is 0 Å². The quantitative estimate of drug-likeness (QED) is 0.733. The smallest absolute Gasteiger partial charge is 0.262 e. The first-order valence-corrected chi connectivity index (χ1v) is 4.73. The molecular weight excluding hydrogens is 180 g/mol. The molecule has 0 radical (unpaired) electrons. The molecule has 1 rings (SSSR count). The molecule has 4 heteroatoms. The first-order valence-electron chi connectivity index (χ1n) is 4.73. The van der Waals surface area contributed by atoms with Crippen molar-refractivity contribution in [1.29, 1.82) is 0 Å². The van der Waals surface area contributed by atoms with Gasteiger partial charge in [-0.2, -0.15) is 0 Å². The number of rotatable bonds is 3. The van der Waals surface area contributed by atoms with Gasteiger partial charge in [-0.3, -0.25) is 9.59 Å². The van der Waals surface area contributed by atoms with Gasteiger partial charge in [0.05, 0.1) is 5.69 Å². The molecule has 76 valence electrons. The van der Waals surface area contributed by atoms with Crippen LogP contribution in [-0.2, 0) is 12.8 Å². The van der Waals surface area contributed by atoms with Crippen molar-refractivity contribution in [1.82, 2.24) is 9.97 Å². The van der Waals surface area contributed by atoms with Gasteiger partial charge in [0.2, 0.25) is 0 Å². The zero-order chi connectivity index (χ0) is 10.7. The largest absolute Gasteiger partial charge is 0.310 e. The first-order chi connectivity index (χ1) is 6.60. The normalized spacial score (nSPS) is 10.2. The van der Waals surface area contributed by atoms with Gasteiger partial charge >= 0.3 is 0 Å². The number of aryl methyl sites for hydroxylation is 2. The van der Waals surface area contributed by atoms with E-state index in [1.807, 2.05) is 13.8 Å². The van der Waals surface area contributed by atoms with E-state index < -0.39 is 0 Å². The van der Waals surface area contributed by atoms with Crippen LogP contribution in [0, 0.1) is 0 Å². The summed E-state index contributed by atoms with van der Waals surface area (Å²) < 4.78 is 0. The Morgan fingerprint density at radius 3 is 2.43 bits per heavy atom. The van der Waals surface area contributed by atoms with E-state index in [-0.39, 0.29) is 16.9 Å². The third-order valence-electron chi connectivity index (χ3n) is 2.07. The Morgan fingerprint density at radius 1 is 1.36 bits per heavy atom. The number of H-pyrrole nitrogens is 1. The van der Waals surface area contributed by atoms with Crippen molar-refractivity contribution in [3.05, 3.63) is 27.4 Å². The lowest BCUT2D eigenvalue weighted by Crippen LogP contribution is -2.22. The molecule has 1 heterocycles. The molecule has 0 aliphatic carbocycles. The minimum Gasteiger partial charge on any atom is -0.310 e. The Labute approximate surface area is 82.4 Å². The number of carbonyl (C=O) groups excluding carboxylic acids is 1. The predicted octanol–water partition coefficient (Wildman–Crippen LogP) is 1.10. The molecule has 14 heavy (non-hydrogen) atoms. The maximum Gasteiger partial charge on any atom is 0.262 e. The highest BCUT2D eigenvalue weighted by Crippen LogP contribution is 2.03. The van der Waals surface area contributed by atoms with Gasteiger partial charge in [-0.25, -0.2) is 4.98 Å². The summed E-state index contributed by atoms with van der Waals surface area (Å²) in [5.74, 6) is 0.412. The molecule has 0 aromatic carbocycles. The number of ketones is 1. The van der Waals surface area contributed by atoms with Gasteiger partial charge in [0.15, 0.2) is 5.78 Å². The van der Waals surface area contributed by atoms with E-state index in [2.05, 4.69) is 9.97 Å². The summed E-state index contributed by atoms with van der Waals surface area (Å²) in [5.41, 5.74) is 0.476. The summed E-state index contributed by atoms with van der Waals surface area (Å²) in [5, 5.41) is 0. The van der Waals surface area contributed by atoms with Gasteiger partial charge in [0.25, 0.3) is 5.56 Å². The fourth-order valence-corrected chi connectivity index (χ4v) is 1.36. The topological polar surface area (TPSA) is 62.8 Å². The molecule has 0 saturated heterocycles. The van der Waals surface area contributed by atoms with Crippen LogP contribution in [0.5, 0.6) is 0 Å². The molecule has 1 aromatic heterocycles. The Bertz CT molecular complexity index is 407. The number of hydrogen-bond donors (Lipinski definition) is 1. The van der Waals surface area contributed by atoms with E-state index in [4.69, 9.17) is 0 Å². The third-order valence-corrected chi connectivity index (χ3v) is 2.07. The number of nitrogens with one attached hydrogen (secondary N) is 1. The lowest BCUT2D eigenvalue weighted by molar-refractivity contribution is 0.101. The lowest BCUT2D eigenvalue weighted by atomic mass is 10.1. The van der Waals surface area contributed by atoms with Gasteiger partial charge in [0.1, 0.15) is 11.4 Å². The monoisotopic (exact) mass is 194 g/mol. The average molecular weight is 194 g/mol. The number of aromatic nitrogens is 2. The van der Waals surface area contributed by atoms with Gasteiger partial charge in [-0.05, 0) is 13.3 Å². The zero-order valence-corrected chi connectivity index (χ0v) is 8.68. The predicted molar refractivity (Wildman–Crippen MR) is 53.6 cm³/mol. The molecule has 4 nitrogen and oxygen atoms in total. The summed E-state index contributed by atoms with van der Waals surface area (Å²) >= 11 is 0. The molecule has 0 bridgehead atoms. The molecule has 1 N–H and O–H groups in total. The van der Waals surface area contributed by atoms with Crippen LogP contribution >= 0.6 is 0 Å². The fourth-order valence-electron chi connectivity index (χ4n) is 1.36. The van der Waals surface area contributed by atoms with E-state index in [1.54, 1.807) is 0 Å². The minimum absolute atomic E-state index is 0.199. The van der Waals surface area contributed by atoms with E-state index in [0.717, 1.165) is 0 Å². The average Bonchev–Trinajstić information content (AvgIpc) is 2.15. The van der Waals surface area contributed by atoms with Crippen molar-refractivity contribution in [2.24, 2.45) is 0 Å². The summed E-state index contributed by atoms with van der Waals surface area (Å²) in [4.78, 5) is 29.5. The fraction of sp³-hybridized carbons (Fsp3) is 0.500. The molecule has 0 fully saturated rings. The number of hydrogen-bond acceptors (Lipinski definition) is 3.